The van der Waals surface area contributed by atoms with E-state index in [9.17, 15) is 0 Å². The van der Waals surface area contributed by atoms with Gasteiger partial charge in [-0.3, -0.25) is 0 Å². The SMILES string of the molecule is CCCCCC[Si](CCCCCC)(CCCCCC)[Si](C(c1ccccc1)(c1ccccc1)c1ccccc1)([Si](CCCCC)(CCCCC)CCCCC)[Si](C1CCCCC1)(C1CCCCC1)C1CCCCC1. The summed E-state index contributed by atoms with van der Waals surface area (Å²) in [6.45, 7) is 12.5. The average molecular weight is 1070 g/mol. The van der Waals surface area contributed by atoms with E-state index in [1.165, 1.54) is 173 Å². The summed E-state index contributed by atoms with van der Waals surface area (Å²) >= 11 is 0. The Morgan fingerprint density at radius 1 is 0.297 bits per heavy atom. The normalized spacial score (nSPS) is 17.9. The fourth-order valence-corrected chi connectivity index (χ4v) is 132. The first-order valence-electron chi connectivity index (χ1n) is 33.7. The lowest BCUT2D eigenvalue weighted by Gasteiger charge is -2.78. The van der Waals surface area contributed by atoms with Gasteiger partial charge in [-0.1, -0.05) is 400 Å². The molecular weight excluding hydrogens is 953 g/mol. The van der Waals surface area contributed by atoms with Crippen LogP contribution in [0.2, 0.25) is 52.9 Å². The van der Waals surface area contributed by atoms with Crippen LogP contribution >= 0.6 is 0 Å². The lowest BCUT2D eigenvalue weighted by Crippen LogP contribution is -2.98. The highest BCUT2D eigenvalue weighted by Crippen LogP contribution is 2.72. The Hall–Kier alpha value is -1.47. The van der Waals surface area contributed by atoms with Crippen LogP contribution in [0.1, 0.15) is 289 Å². The van der Waals surface area contributed by atoms with Gasteiger partial charge in [-0.2, -0.15) is 0 Å². The molecular formula is C70H120Si4. The second-order valence-corrected chi connectivity index (χ2v) is 60.8. The first-order valence-corrected chi connectivity index (χ1v) is 46.1. The van der Waals surface area contributed by atoms with Gasteiger partial charge in [0.25, 0.3) is 0 Å². The third-order valence-electron chi connectivity index (χ3n) is 21.6. The second kappa shape index (κ2) is 33.2. The summed E-state index contributed by atoms with van der Waals surface area (Å²) in [7, 11) is -7.14. The van der Waals surface area contributed by atoms with E-state index in [2.05, 4.69) is 133 Å². The maximum absolute atomic E-state index is 2.87. The summed E-state index contributed by atoms with van der Waals surface area (Å²) in [4.78, 5) is 0. The van der Waals surface area contributed by atoms with Crippen LogP contribution in [0, 0.1) is 0 Å². The van der Waals surface area contributed by atoms with E-state index in [-0.39, 0.29) is 5.04 Å². The van der Waals surface area contributed by atoms with Crippen molar-refractivity contribution in [1.82, 2.24) is 0 Å². The summed E-state index contributed by atoms with van der Waals surface area (Å²) < 4.78 is 0. The number of hydrogen-bond acceptors (Lipinski definition) is 0. The summed E-state index contributed by atoms with van der Waals surface area (Å²) in [6.07, 6.45) is 53.9. The highest BCUT2D eigenvalue weighted by atomic mass is 29.9. The van der Waals surface area contributed by atoms with Crippen molar-refractivity contribution < 1.29 is 0 Å². The van der Waals surface area contributed by atoms with E-state index in [0.29, 0.717) is 0 Å². The molecule has 0 amide bonds. The van der Waals surface area contributed by atoms with Gasteiger partial charge in [-0.15, -0.1) is 0 Å². The number of hydrogen-bond donors (Lipinski definition) is 0. The minimum absolute atomic E-state index is 0.0430. The molecule has 74 heavy (non-hydrogen) atoms. The minimum Gasteiger partial charge on any atom is -0.0654 e. The largest absolute Gasteiger partial charge is 0.0654 e. The molecule has 3 aromatic carbocycles. The van der Waals surface area contributed by atoms with Gasteiger partial charge in [-0.05, 0) is 33.3 Å². The van der Waals surface area contributed by atoms with Crippen LogP contribution in [0.4, 0.5) is 0 Å². The maximum Gasteiger partial charge on any atom is 0.0630 e. The van der Waals surface area contributed by atoms with Gasteiger partial charge < -0.3 is 0 Å². The quantitative estimate of drug-likeness (QED) is 0.0307. The van der Waals surface area contributed by atoms with Crippen LogP contribution in [-0.2, 0) is 5.04 Å². The van der Waals surface area contributed by atoms with Gasteiger partial charge in [0.1, 0.15) is 0 Å². The van der Waals surface area contributed by atoms with Gasteiger partial charge in [-0.25, -0.2) is 0 Å². The maximum atomic E-state index is 2.87. The van der Waals surface area contributed by atoms with Crippen LogP contribution < -0.4 is 0 Å². The molecule has 0 saturated heterocycles. The molecule has 3 fully saturated rings. The molecule has 4 heteroatoms. The van der Waals surface area contributed by atoms with Crippen molar-refractivity contribution >= 4 is 29.4 Å². The number of unbranched alkanes of at least 4 members (excludes halogenated alkanes) is 15. The first-order chi connectivity index (χ1) is 36.5. The first kappa shape index (κ1) is 61.7. The van der Waals surface area contributed by atoms with Crippen molar-refractivity contribution in [3.05, 3.63) is 108 Å². The van der Waals surface area contributed by atoms with Crippen LogP contribution in [0.15, 0.2) is 91.0 Å². The Morgan fingerprint density at radius 3 is 0.770 bits per heavy atom. The molecule has 0 aliphatic heterocycles. The Morgan fingerprint density at radius 2 is 0.527 bits per heavy atom. The molecule has 416 valence electrons. The van der Waals surface area contributed by atoms with Gasteiger partial charge in [0.15, 0.2) is 0 Å². The van der Waals surface area contributed by atoms with Crippen molar-refractivity contribution in [2.45, 2.75) is 331 Å². The van der Waals surface area contributed by atoms with Crippen molar-refractivity contribution in [1.29, 1.82) is 0 Å². The molecule has 0 spiro atoms. The third kappa shape index (κ3) is 13.7. The van der Waals surface area contributed by atoms with E-state index < -0.39 is 29.4 Å². The van der Waals surface area contributed by atoms with E-state index in [1.54, 1.807) is 94.1 Å². The molecule has 3 saturated carbocycles. The van der Waals surface area contributed by atoms with Crippen LogP contribution in [0.3, 0.4) is 0 Å². The fourth-order valence-electron chi connectivity index (χ4n) is 19.2. The summed E-state index contributed by atoms with van der Waals surface area (Å²) in [5.41, 5.74) is 8.55. The number of benzene rings is 3. The van der Waals surface area contributed by atoms with Gasteiger partial charge in [0.2, 0.25) is 0 Å². The van der Waals surface area contributed by atoms with Gasteiger partial charge in [0.05, 0.1) is 14.2 Å². The Balaban J connectivity index is 2.11. The molecule has 0 N–H and O–H groups in total. The van der Waals surface area contributed by atoms with Crippen LogP contribution in [-0.4, -0.2) is 29.4 Å². The zero-order valence-corrected chi connectivity index (χ0v) is 54.1. The van der Waals surface area contributed by atoms with Crippen LogP contribution in [0.5, 0.6) is 0 Å². The Labute approximate surface area is 464 Å². The molecule has 0 heterocycles. The van der Waals surface area contributed by atoms with E-state index in [0.717, 1.165) is 16.6 Å². The van der Waals surface area contributed by atoms with Crippen LogP contribution in [0.25, 0.3) is 0 Å². The zero-order chi connectivity index (χ0) is 52.3. The molecule has 3 aliphatic rings. The highest BCUT2D eigenvalue weighted by molar-refractivity contribution is 7.91. The summed E-state index contributed by atoms with van der Waals surface area (Å²) in [5, 5.41) is -0.0430. The molecule has 3 aromatic rings. The van der Waals surface area contributed by atoms with E-state index >= 15 is 0 Å². The minimum atomic E-state index is -2.81. The monoisotopic (exact) mass is 1070 g/mol. The predicted molar refractivity (Wildman–Crippen MR) is 343 cm³/mol. The molecule has 0 aromatic heterocycles. The molecule has 6 rings (SSSR count). The van der Waals surface area contributed by atoms with Gasteiger partial charge in [0, 0.05) is 20.2 Å². The molecule has 0 bridgehead atoms. The highest BCUT2D eigenvalue weighted by Gasteiger charge is 2.83. The van der Waals surface area contributed by atoms with Crippen molar-refractivity contribution in [3.8, 4) is 0 Å². The summed E-state index contributed by atoms with van der Waals surface area (Å²) in [5.74, 6) is 0. The standard InChI is InChI=1S/C70H120Si4/c1-7-13-19-43-61-72(62-44-20-14-8-2,63-45-21-15-9-3)74(71(58-40-16-10-4,59-41-17-11-5)60-42-18-12-6,70(64-46-28-22-29-47-64,65-48-30-23-31-49-65)66-50-32-24-33-51-66)73(67-52-34-25-35-53-67,68-54-36-26-37-55-68)69-56-38-27-39-57-69/h22-24,28-33,46-51,67-69H,7-21,25-27,34-45,52-63H2,1-6H3. The molecule has 0 nitrogen and oxygen atoms in total. The van der Waals surface area contributed by atoms with Crippen molar-refractivity contribution in [2.75, 3.05) is 0 Å². The van der Waals surface area contributed by atoms with Crippen molar-refractivity contribution in [3.63, 3.8) is 0 Å². The van der Waals surface area contributed by atoms with Crippen molar-refractivity contribution in [2.24, 2.45) is 0 Å². The summed E-state index contributed by atoms with van der Waals surface area (Å²) in [6, 6.07) is 50.3. The second-order valence-electron chi connectivity index (χ2n) is 25.9. The lowest BCUT2D eigenvalue weighted by atomic mass is 9.84. The van der Waals surface area contributed by atoms with Gasteiger partial charge >= 0.3 is 0 Å². The molecule has 1 unspecified atom stereocenters. The smallest absolute Gasteiger partial charge is 0.0630 e. The lowest BCUT2D eigenvalue weighted by molar-refractivity contribution is 0.422. The Bertz CT molecular complexity index is 1660. The topological polar surface area (TPSA) is 0 Å². The molecule has 3 aliphatic carbocycles. The number of rotatable bonds is 37. The molecule has 1 atom stereocenters. The fraction of sp³-hybridized carbons (Fsp3) is 0.743. The zero-order valence-electron chi connectivity index (χ0n) is 50.1. The third-order valence-corrected chi connectivity index (χ3v) is 93.6. The molecule has 0 radical (unpaired) electrons. The Kier molecular flexibility index (Phi) is 27.7. The average Bonchev–Trinajstić information content (AvgIpc) is 3.59. The van der Waals surface area contributed by atoms with E-state index in [1.807, 2.05) is 16.7 Å². The van der Waals surface area contributed by atoms with E-state index in [4.69, 9.17) is 0 Å². The predicted octanol–water partition coefficient (Wildman–Crippen LogP) is 23.9.